The molecule has 3 aromatic rings. The van der Waals surface area contributed by atoms with E-state index in [1.807, 2.05) is 47.0 Å². The van der Waals surface area contributed by atoms with Crippen molar-refractivity contribution in [2.45, 2.75) is 24.3 Å². The predicted octanol–water partition coefficient (Wildman–Crippen LogP) is 5.69. The highest BCUT2D eigenvalue weighted by Gasteiger charge is 2.27. The summed E-state index contributed by atoms with van der Waals surface area (Å²) >= 11 is 6.99. The van der Waals surface area contributed by atoms with Gasteiger partial charge in [0.2, 0.25) is 0 Å². The van der Waals surface area contributed by atoms with E-state index in [-0.39, 0.29) is 5.75 Å². The van der Waals surface area contributed by atoms with Crippen LogP contribution in [0.15, 0.2) is 59.8 Å². The molecule has 3 nitrogen and oxygen atoms in total. The molecule has 0 unspecified atom stereocenters. The van der Waals surface area contributed by atoms with Crippen LogP contribution in [0.3, 0.4) is 0 Å². The lowest BCUT2D eigenvalue weighted by molar-refractivity contribution is -0.129. The van der Waals surface area contributed by atoms with Crippen LogP contribution in [0.5, 0.6) is 0 Å². The Morgan fingerprint density at radius 1 is 0.962 bits per heavy atom. The van der Waals surface area contributed by atoms with E-state index in [4.69, 9.17) is 11.6 Å². The summed E-state index contributed by atoms with van der Waals surface area (Å²) in [7, 11) is 0. The topological polar surface area (TPSA) is 30.7 Å². The van der Waals surface area contributed by atoms with Gasteiger partial charge < -0.3 is 0 Å². The highest BCUT2D eigenvalue weighted by molar-refractivity contribution is 7.99. The molecule has 0 bridgehead atoms. The maximum atomic E-state index is 12.4. The lowest BCUT2D eigenvalue weighted by atomic mass is 10.2. The standard InChI is InChI=1S/C18H15ClF3N3S/c19-15-8-6-14(7-9-15)16-23-24-17(26-11-10-18(20,21)22)25(16)12-13-4-2-1-3-5-13/h1-9H,10-12H2. The molecule has 0 aliphatic rings. The summed E-state index contributed by atoms with van der Waals surface area (Å²) in [5, 5.41) is 9.36. The molecule has 0 radical (unpaired) electrons. The van der Waals surface area contributed by atoms with Crippen molar-refractivity contribution < 1.29 is 13.2 Å². The molecule has 0 saturated carbocycles. The van der Waals surface area contributed by atoms with Gasteiger partial charge in [-0.2, -0.15) is 13.2 Å². The molecule has 136 valence electrons. The van der Waals surface area contributed by atoms with Crippen LogP contribution >= 0.6 is 23.4 Å². The first-order valence-electron chi connectivity index (χ1n) is 7.85. The minimum atomic E-state index is -4.18. The Hall–Kier alpha value is -1.99. The monoisotopic (exact) mass is 397 g/mol. The van der Waals surface area contributed by atoms with Gasteiger partial charge in [0.25, 0.3) is 0 Å². The van der Waals surface area contributed by atoms with Crippen molar-refractivity contribution >= 4 is 23.4 Å². The van der Waals surface area contributed by atoms with E-state index in [1.165, 1.54) is 0 Å². The number of hydrogen-bond donors (Lipinski definition) is 0. The maximum absolute atomic E-state index is 12.4. The third-order valence-corrected chi connectivity index (χ3v) is 4.84. The number of thioether (sulfide) groups is 1. The molecule has 0 fully saturated rings. The van der Waals surface area contributed by atoms with Crippen molar-refractivity contribution in [3.05, 3.63) is 65.2 Å². The molecule has 8 heteroatoms. The van der Waals surface area contributed by atoms with Gasteiger partial charge in [-0.25, -0.2) is 0 Å². The van der Waals surface area contributed by atoms with Gasteiger partial charge in [0, 0.05) is 16.3 Å². The zero-order valence-corrected chi connectivity index (χ0v) is 15.2. The van der Waals surface area contributed by atoms with Crippen LogP contribution in [-0.2, 0) is 6.54 Å². The second kappa shape index (κ2) is 8.14. The van der Waals surface area contributed by atoms with E-state index in [0.29, 0.717) is 22.5 Å². The van der Waals surface area contributed by atoms with Gasteiger partial charge in [-0.3, -0.25) is 4.57 Å². The van der Waals surface area contributed by atoms with Crippen LogP contribution < -0.4 is 0 Å². The first kappa shape index (κ1) is 18.8. The van der Waals surface area contributed by atoms with E-state index in [1.54, 1.807) is 12.1 Å². The number of benzene rings is 2. The highest BCUT2D eigenvalue weighted by Crippen LogP contribution is 2.29. The summed E-state index contributed by atoms with van der Waals surface area (Å²) in [4.78, 5) is 0. The molecule has 1 heterocycles. The van der Waals surface area contributed by atoms with E-state index >= 15 is 0 Å². The average Bonchev–Trinajstić information content (AvgIpc) is 2.98. The number of nitrogens with zero attached hydrogens (tertiary/aromatic N) is 3. The molecule has 0 aliphatic heterocycles. The lowest BCUT2D eigenvalue weighted by Crippen LogP contribution is -2.09. The van der Waals surface area contributed by atoms with Gasteiger partial charge in [-0.05, 0) is 29.8 Å². The molecule has 0 saturated heterocycles. The van der Waals surface area contributed by atoms with Crippen LogP contribution in [0.1, 0.15) is 12.0 Å². The molecule has 0 N–H and O–H groups in total. The Morgan fingerprint density at radius 2 is 1.65 bits per heavy atom. The van der Waals surface area contributed by atoms with Crippen molar-refractivity contribution in [3.63, 3.8) is 0 Å². The molecule has 0 spiro atoms. The minimum Gasteiger partial charge on any atom is -0.298 e. The Bertz CT molecular complexity index is 848. The van der Waals surface area contributed by atoms with Crippen LogP contribution in [0, 0.1) is 0 Å². The lowest BCUT2D eigenvalue weighted by Gasteiger charge is -2.11. The van der Waals surface area contributed by atoms with Crippen molar-refractivity contribution in [3.8, 4) is 11.4 Å². The molecule has 26 heavy (non-hydrogen) atoms. The molecule has 1 aromatic heterocycles. The quantitative estimate of drug-likeness (QED) is 0.500. The highest BCUT2D eigenvalue weighted by atomic mass is 35.5. The maximum Gasteiger partial charge on any atom is 0.389 e. The Balaban J connectivity index is 1.90. The van der Waals surface area contributed by atoms with Crippen molar-refractivity contribution in [1.82, 2.24) is 14.8 Å². The molecule has 2 aromatic carbocycles. The zero-order valence-electron chi connectivity index (χ0n) is 13.6. The molecule has 3 rings (SSSR count). The van der Waals surface area contributed by atoms with Crippen LogP contribution in [-0.4, -0.2) is 26.7 Å². The van der Waals surface area contributed by atoms with Gasteiger partial charge in [0.1, 0.15) is 0 Å². The summed E-state index contributed by atoms with van der Waals surface area (Å²) in [6, 6.07) is 16.8. The molecule has 0 atom stereocenters. The fraction of sp³-hybridized carbons (Fsp3) is 0.222. The number of alkyl halides is 3. The Labute approximate surface area is 158 Å². The van der Waals surface area contributed by atoms with E-state index in [9.17, 15) is 13.2 Å². The number of hydrogen-bond acceptors (Lipinski definition) is 3. The average molecular weight is 398 g/mol. The SMILES string of the molecule is FC(F)(F)CCSc1nnc(-c2ccc(Cl)cc2)n1Cc1ccccc1. The fourth-order valence-corrected chi connectivity index (χ4v) is 3.42. The summed E-state index contributed by atoms with van der Waals surface area (Å²) in [5.74, 6) is 0.497. The normalized spacial score (nSPS) is 11.7. The van der Waals surface area contributed by atoms with E-state index < -0.39 is 12.6 Å². The van der Waals surface area contributed by atoms with Crippen molar-refractivity contribution in [2.75, 3.05) is 5.75 Å². The summed E-state index contributed by atoms with van der Waals surface area (Å²) in [6.07, 6.45) is -5.05. The Kier molecular flexibility index (Phi) is 5.88. The van der Waals surface area contributed by atoms with Gasteiger partial charge in [-0.15, -0.1) is 10.2 Å². The zero-order chi connectivity index (χ0) is 18.6. The predicted molar refractivity (Wildman–Crippen MR) is 97.4 cm³/mol. The number of aromatic nitrogens is 3. The van der Waals surface area contributed by atoms with Gasteiger partial charge in [0.05, 0.1) is 13.0 Å². The number of rotatable bonds is 6. The molecular formula is C18H15ClF3N3S. The summed E-state index contributed by atoms with van der Waals surface area (Å²) in [5.41, 5.74) is 1.82. The molecular weight excluding hydrogens is 383 g/mol. The van der Waals surface area contributed by atoms with Crippen LogP contribution in [0.2, 0.25) is 5.02 Å². The van der Waals surface area contributed by atoms with Crippen molar-refractivity contribution in [2.24, 2.45) is 0 Å². The summed E-state index contributed by atoms with van der Waals surface area (Å²) < 4.78 is 39.2. The van der Waals surface area contributed by atoms with Crippen LogP contribution in [0.25, 0.3) is 11.4 Å². The minimum absolute atomic E-state index is 0.100. The molecule has 0 amide bonds. The fourth-order valence-electron chi connectivity index (χ4n) is 2.37. The largest absolute Gasteiger partial charge is 0.389 e. The van der Waals surface area contributed by atoms with Gasteiger partial charge >= 0.3 is 6.18 Å². The van der Waals surface area contributed by atoms with E-state index in [0.717, 1.165) is 22.9 Å². The second-order valence-electron chi connectivity index (χ2n) is 5.60. The molecule has 0 aliphatic carbocycles. The third kappa shape index (κ3) is 5.02. The second-order valence-corrected chi connectivity index (χ2v) is 7.10. The number of halogens is 4. The van der Waals surface area contributed by atoms with Crippen LogP contribution in [0.4, 0.5) is 13.2 Å². The Morgan fingerprint density at radius 3 is 2.31 bits per heavy atom. The third-order valence-electron chi connectivity index (χ3n) is 3.62. The van der Waals surface area contributed by atoms with Gasteiger partial charge in [0.15, 0.2) is 11.0 Å². The van der Waals surface area contributed by atoms with E-state index in [2.05, 4.69) is 10.2 Å². The first-order chi connectivity index (χ1) is 12.4. The summed E-state index contributed by atoms with van der Waals surface area (Å²) in [6.45, 7) is 0.472. The first-order valence-corrected chi connectivity index (χ1v) is 9.21. The van der Waals surface area contributed by atoms with Gasteiger partial charge in [-0.1, -0.05) is 53.7 Å². The smallest absolute Gasteiger partial charge is 0.298 e. The van der Waals surface area contributed by atoms with Crippen molar-refractivity contribution in [1.29, 1.82) is 0 Å².